The maximum Gasteiger partial charge on any atom is 0.253 e. The van der Waals surface area contributed by atoms with Crippen LogP contribution in [0.5, 0.6) is 0 Å². The number of amides is 3. The molecular formula is C11H16N2O3. The van der Waals surface area contributed by atoms with E-state index in [1.54, 1.807) is 6.92 Å². The zero-order valence-electron chi connectivity index (χ0n) is 9.53. The van der Waals surface area contributed by atoms with Crippen molar-refractivity contribution >= 4 is 17.7 Å². The summed E-state index contributed by atoms with van der Waals surface area (Å²) in [6.07, 6.45) is 3.82. The minimum atomic E-state index is -0.206. The van der Waals surface area contributed by atoms with Gasteiger partial charge in [0.15, 0.2) is 0 Å². The molecule has 0 bridgehead atoms. The molecule has 0 saturated heterocycles. The zero-order valence-corrected chi connectivity index (χ0v) is 9.53. The molecule has 1 N–H and O–H groups in total. The van der Waals surface area contributed by atoms with Crippen LogP contribution in [-0.2, 0) is 14.4 Å². The minimum Gasteiger partial charge on any atom is -0.353 e. The molecule has 1 aliphatic heterocycles. The first-order valence-corrected chi connectivity index (χ1v) is 5.00. The number of likely N-dealkylation sites (N-methyl/N-ethyl adjacent to an activating group) is 2. The molecule has 5 heteroatoms. The molecule has 16 heavy (non-hydrogen) atoms. The Morgan fingerprint density at radius 1 is 1.38 bits per heavy atom. The highest BCUT2D eigenvalue weighted by molar-refractivity contribution is 6.12. The Hall–Kier alpha value is -1.91. The summed E-state index contributed by atoms with van der Waals surface area (Å²) < 4.78 is 0. The highest BCUT2D eigenvalue weighted by atomic mass is 16.2. The van der Waals surface area contributed by atoms with E-state index in [1.165, 1.54) is 23.1 Å². The van der Waals surface area contributed by atoms with Crippen molar-refractivity contribution in [3.63, 3.8) is 0 Å². The van der Waals surface area contributed by atoms with Gasteiger partial charge in [-0.25, -0.2) is 0 Å². The number of carbonyl (C=O) groups excluding carboxylic acids is 3. The van der Waals surface area contributed by atoms with Crippen LogP contribution < -0.4 is 5.32 Å². The van der Waals surface area contributed by atoms with Crippen LogP contribution in [-0.4, -0.2) is 35.7 Å². The Bertz CT molecular complexity index is 303. The maximum atomic E-state index is 10.6. The smallest absolute Gasteiger partial charge is 0.253 e. The lowest BCUT2D eigenvalue weighted by Gasteiger charge is -2.08. The Labute approximate surface area is 94.8 Å². The van der Waals surface area contributed by atoms with Gasteiger partial charge in [-0.1, -0.05) is 6.58 Å². The molecule has 0 aliphatic carbocycles. The number of nitrogens with one attached hydrogen (secondary N) is 1. The van der Waals surface area contributed by atoms with Crippen LogP contribution in [0.4, 0.5) is 0 Å². The lowest BCUT2D eigenvalue weighted by atomic mass is 10.5. The van der Waals surface area contributed by atoms with E-state index >= 15 is 0 Å². The van der Waals surface area contributed by atoms with Crippen molar-refractivity contribution < 1.29 is 14.4 Å². The monoisotopic (exact) mass is 224 g/mol. The summed E-state index contributed by atoms with van der Waals surface area (Å²) in [5.74, 6) is -0.521. The fourth-order valence-electron chi connectivity index (χ4n) is 0.989. The van der Waals surface area contributed by atoms with E-state index in [0.717, 1.165) is 0 Å². The number of rotatable bonds is 3. The Balaban J connectivity index is 0.000000293. The van der Waals surface area contributed by atoms with Gasteiger partial charge in [0.05, 0.1) is 0 Å². The largest absolute Gasteiger partial charge is 0.353 e. The molecule has 1 heterocycles. The number of carbonyl (C=O) groups is 3. The number of imide groups is 1. The number of hydrogen-bond acceptors (Lipinski definition) is 3. The first-order valence-electron chi connectivity index (χ1n) is 5.00. The van der Waals surface area contributed by atoms with Crippen LogP contribution in [0.15, 0.2) is 24.8 Å². The van der Waals surface area contributed by atoms with E-state index in [0.29, 0.717) is 13.1 Å². The second-order valence-electron chi connectivity index (χ2n) is 2.85. The molecule has 0 fully saturated rings. The lowest BCUT2D eigenvalue weighted by molar-refractivity contribution is -0.136. The average molecular weight is 224 g/mol. The Kier molecular flexibility index (Phi) is 6.51. The highest BCUT2D eigenvalue weighted by Gasteiger charge is 2.20. The summed E-state index contributed by atoms with van der Waals surface area (Å²) in [6.45, 7) is 8.03. The zero-order chi connectivity index (χ0) is 12.6. The molecule has 0 atom stereocenters. The van der Waals surface area contributed by atoms with Crippen LogP contribution in [0.1, 0.15) is 13.8 Å². The predicted molar refractivity (Wildman–Crippen MR) is 60.4 cm³/mol. The Morgan fingerprint density at radius 2 is 1.88 bits per heavy atom. The standard InChI is InChI=1S/C6H7NO2.C5H9NO/c1-2-7-5(8)3-4-6(7)9;1-3-5(7)6-4-2/h3-4H,2H2,1H3;3H,1,4H2,2H3,(H,6,7). The van der Waals surface area contributed by atoms with E-state index in [2.05, 4.69) is 11.9 Å². The molecular weight excluding hydrogens is 208 g/mol. The molecule has 3 amide bonds. The van der Waals surface area contributed by atoms with Crippen molar-refractivity contribution in [2.24, 2.45) is 0 Å². The molecule has 0 aromatic carbocycles. The van der Waals surface area contributed by atoms with Gasteiger partial charge in [0.1, 0.15) is 0 Å². The molecule has 1 aliphatic rings. The SMILES string of the molecule is C=CC(=O)NCC.CCN1C(=O)C=CC1=O. The summed E-state index contributed by atoms with van der Waals surface area (Å²) >= 11 is 0. The molecule has 1 rings (SSSR count). The van der Waals surface area contributed by atoms with Crippen molar-refractivity contribution in [3.05, 3.63) is 24.8 Å². The molecule has 0 saturated carbocycles. The number of hydrogen-bond donors (Lipinski definition) is 1. The quantitative estimate of drug-likeness (QED) is 0.551. The second-order valence-corrected chi connectivity index (χ2v) is 2.85. The summed E-state index contributed by atoms with van der Waals surface area (Å²) in [5, 5.41) is 2.54. The lowest BCUT2D eigenvalue weighted by Crippen LogP contribution is -2.29. The van der Waals surface area contributed by atoms with E-state index < -0.39 is 0 Å². The first-order chi connectivity index (χ1) is 7.56. The molecule has 5 nitrogen and oxygen atoms in total. The van der Waals surface area contributed by atoms with Crippen LogP contribution in [0, 0.1) is 0 Å². The van der Waals surface area contributed by atoms with Gasteiger partial charge in [-0.05, 0) is 19.9 Å². The second kappa shape index (κ2) is 7.39. The van der Waals surface area contributed by atoms with Gasteiger partial charge < -0.3 is 5.32 Å². The van der Waals surface area contributed by atoms with E-state index in [1.807, 2.05) is 6.92 Å². The van der Waals surface area contributed by atoms with Gasteiger partial charge in [-0.3, -0.25) is 19.3 Å². The normalized spacial score (nSPS) is 13.2. The number of nitrogens with zero attached hydrogens (tertiary/aromatic N) is 1. The highest BCUT2D eigenvalue weighted by Crippen LogP contribution is 2.00. The molecule has 0 spiro atoms. The molecule has 0 aromatic heterocycles. The van der Waals surface area contributed by atoms with Gasteiger partial charge in [-0.2, -0.15) is 0 Å². The summed E-state index contributed by atoms with van der Waals surface area (Å²) in [5.41, 5.74) is 0. The van der Waals surface area contributed by atoms with Gasteiger partial charge >= 0.3 is 0 Å². The van der Waals surface area contributed by atoms with Crippen molar-refractivity contribution in [3.8, 4) is 0 Å². The van der Waals surface area contributed by atoms with Crippen LogP contribution in [0.2, 0.25) is 0 Å². The summed E-state index contributed by atoms with van der Waals surface area (Å²) in [6, 6.07) is 0. The molecule has 88 valence electrons. The molecule has 0 aromatic rings. The van der Waals surface area contributed by atoms with Gasteiger partial charge in [0.2, 0.25) is 5.91 Å². The van der Waals surface area contributed by atoms with Gasteiger partial charge in [0.25, 0.3) is 11.8 Å². The summed E-state index contributed by atoms with van der Waals surface area (Å²) in [4.78, 5) is 32.6. The average Bonchev–Trinajstić information content (AvgIpc) is 2.59. The van der Waals surface area contributed by atoms with E-state index in [4.69, 9.17) is 0 Å². The van der Waals surface area contributed by atoms with Crippen molar-refractivity contribution in [1.82, 2.24) is 10.2 Å². The fraction of sp³-hybridized carbons (Fsp3) is 0.364. The van der Waals surface area contributed by atoms with E-state index in [-0.39, 0.29) is 17.7 Å². The fourth-order valence-corrected chi connectivity index (χ4v) is 0.989. The molecule has 0 unspecified atom stereocenters. The summed E-state index contributed by atoms with van der Waals surface area (Å²) in [7, 11) is 0. The third kappa shape index (κ3) is 4.54. The third-order valence-electron chi connectivity index (χ3n) is 1.75. The van der Waals surface area contributed by atoms with Gasteiger partial charge in [0, 0.05) is 25.2 Å². The van der Waals surface area contributed by atoms with Crippen molar-refractivity contribution in [2.45, 2.75) is 13.8 Å². The Morgan fingerprint density at radius 3 is 2.06 bits per heavy atom. The first kappa shape index (κ1) is 14.1. The van der Waals surface area contributed by atoms with Crippen LogP contribution in [0.3, 0.4) is 0 Å². The van der Waals surface area contributed by atoms with Crippen LogP contribution in [0.25, 0.3) is 0 Å². The predicted octanol–water partition coefficient (Wildman–Crippen LogP) is 0.240. The molecule has 0 radical (unpaired) electrons. The van der Waals surface area contributed by atoms with Crippen molar-refractivity contribution in [2.75, 3.05) is 13.1 Å². The topological polar surface area (TPSA) is 66.5 Å². The van der Waals surface area contributed by atoms with Crippen LogP contribution >= 0.6 is 0 Å². The maximum absolute atomic E-state index is 10.6. The van der Waals surface area contributed by atoms with Gasteiger partial charge in [-0.15, -0.1) is 0 Å². The minimum absolute atomic E-state index is 0.109. The van der Waals surface area contributed by atoms with E-state index in [9.17, 15) is 14.4 Å². The third-order valence-corrected chi connectivity index (χ3v) is 1.75. The van der Waals surface area contributed by atoms with Crippen molar-refractivity contribution in [1.29, 1.82) is 0 Å².